The molecule has 14 heterocycles. The third-order valence-electron chi connectivity index (χ3n) is 19.7. The van der Waals surface area contributed by atoms with Crippen LogP contribution in [0.25, 0.3) is 126 Å². The van der Waals surface area contributed by atoms with Crippen molar-refractivity contribution in [3.05, 3.63) is 103 Å². The SMILES string of the molecule is CCCCCCCCc1c(CCCCCCCC)c2c3c(sc4c(=O)n5c(nc6scc(Br)c65)c1c43)c(=O)n1c2nc2scc(Br)c21.CCCCCCCCc1c(CCCCCCCC)c2c3c(sc4c(=O)n5c6cc(Br)sc6nc5c1c43)c(=O)n1c3cc(Br)sc3nc21. The Bertz CT molecular complexity index is 5440. The smallest absolute Gasteiger partial charge is 0.267 e. The first-order valence-corrected chi connectivity index (χ1v) is 42.2. The Morgan fingerprint density at radius 2 is 0.596 bits per heavy atom. The van der Waals surface area contributed by atoms with Crippen molar-refractivity contribution in [3.8, 4) is 0 Å². The number of fused-ring (bicyclic) bond motifs is 16. The molecule has 0 aliphatic heterocycles. The molecular weight excluding hydrogens is 1550 g/mol. The number of aromatic nitrogens is 8. The van der Waals surface area contributed by atoms with E-state index in [1.54, 1.807) is 45.3 Å². The summed E-state index contributed by atoms with van der Waals surface area (Å²) in [5.74, 6) is 0. The van der Waals surface area contributed by atoms with Crippen LogP contribution in [0.3, 0.4) is 0 Å². The number of hydrogen-bond donors (Lipinski definition) is 0. The summed E-state index contributed by atoms with van der Waals surface area (Å²) < 4.78 is 13.5. The van der Waals surface area contributed by atoms with Crippen molar-refractivity contribution < 1.29 is 0 Å². The number of aryl methyl sites for hydroxylation is 4. The predicted octanol–water partition coefficient (Wildman–Crippen LogP) is 23.7. The Hall–Kier alpha value is -4.36. The van der Waals surface area contributed by atoms with Crippen LogP contribution < -0.4 is 22.2 Å². The molecule has 0 spiro atoms. The van der Waals surface area contributed by atoms with Crippen LogP contribution in [0.15, 0.2) is 58.6 Å². The molecule has 0 radical (unpaired) electrons. The van der Waals surface area contributed by atoms with E-state index in [0.717, 1.165) is 175 Å². The second-order valence-corrected chi connectivity index (χ2v) is 36.1. The summed E-state index contributed by atoms with van der Waals surface area (Å²) in [6, 6.07) is 4.02. The van der Waals surface area contributed by atoms with E-state index in [2.05, 4.69) is 91.4 Å². The second-order valence-electron chi connectivity index (χ2n) is 25.8. The number of hydrogen-bond acceptors (Lipinski definition) is 14. The molecule has 488 valence electrons. The molecule has 0 saturated heterocycles. The fourth-order valence-corrected chi connectivity index (χ4v) is 23.6. The molecule has 0 atom stereocenters. The molecule has 2 aromatic carbocycles. The maximum atomic E-state index is 14.5. The van der Waals surface area contributed by atoms with Gasteiger partial charge in [-0.3, -0.25) is 36.8 Å². The highest BCUT2D eigenvalue weighted by Gasteiger charge is 2.33. The van der Waals surface area contributed by atoms with Gasteiger partial charge in [-0.15, -0.1) is 68.0 Å². The number of unbranched alkanes of at least 4 members (excludes halogenated alkanes) is 20. The van der Waals surface area contributed by atoms with E-state index in [0.29, 0.717) is 18.8 Å². The Kier molecular flexibility index (Phi) is 19.1. The zero-order valence-corrected chi connectivity index (χ0v) is 64.5. The first kappa shape index (κ1) is 65.6. The van der Waals surface area contributed by atoms with Gasteiger partial charge < -0.3 is 0 Å². The second kappa shape index (κ2) is 27.4. The maximum absolute atomic E-state index is 14.5. The van der Waals surface area contributed by atoms with Gasteiger partial charge in [0.05, 0.1) is 27.6 Å². The first-order valence-electron chi connectivity index (χ1n) is 34.0. The molecule has 0 aliphatic rings. The highest BCUT2D eigenvalue weighted by molar-refractivity contribution is 9.11. The van der Waals surface area contributed by atoms with Crippen molar-refractivity contribution in [2.24, 2.45) is 0 Å². The Morgan fingerprint density at radius 1 is 0.330 bits per heavy atom. The summed E-state index contributed by atoms with van der Waals surface area (Å²) in [5, 5.41) is 12.0. The Balaban J connectivity index is 0.000000155. The van der Waals surface area contributed by atoms with Crippen molar-refractivity contribution >= 4 is 258 Å². The molecule has 94 heavy (non-hydrogen) atoms. The van der Waals surface area contributed by atoms with Crippen molar-refractivity contribution in [2.75, 3.05) is 0 Å². The first-order chi connectivity index (χ1) is 45.9. The largest absolute Gasteiger partial charge is 0.274 e. The summed E-state index contributed by atoms with van der Waals surface area (Å²) >= 11 is 23.7. The van der Waals surface area contributed by atoms with Crippen LogP contribution in [0.5, 0.6) is 0 Å². The van der Waals surface area contributed by atoms with Gasteiger partial charge in [0.1, 0.15) is 71.7 Å². The molecule has 0 aliphatic carbocycles. The van der Waals surface area contributed by atoms with Gasteiger partial charge in [0.2, 0.25) is 0 Å². The summed E-state index contributed by atoms with van der Waals surface area (Å²) in [7, 11) is 0. The van der Waals surface area contributed by atoms with Crippen LogP contribution in [0.1, 0.15) is 204 Å². The predicted molar refractivity (Wildman–Crippen MR) is 419 cm³/mol. The number of benzene rings is 2. The fourth-order valence-electron chi connectivity index (χ4n) is 15.3. The van der Waals surface area contributed by atoms with Gasteiger partial charge in [-0.05, 0) is 149 Å². The van der Waals surface area contributed by atoms with Crippen molar-refractivity contribution in [1.82, 2.24) is 37.5 Å². The van der Waals surface area contributed by atoms with Crippen LogP contribution >= 0.6 is 132 Å². The Morgan fingerprint density at radius 3 is 0.904 bits per heavy atom. The molecule has 22 heteroatoms. The van der Waals surface area contributed by atoms with E-state index >= 15 is 0 Å². The van der Waals surface area contributed by atoms with E-state index < -0.39 is 0 Å². The minimum atomic E-state index is -0.0929. The van der Waals surface area contributed by atoms with E-state index in [1.807, 2.05) is 40.5 Å². The van der Waals surface area contributed by atoms with Crippen molar-refractivity contribution in [1.29, 1.82) is 0 Å². The molecule has 14 aromatic heterocycles. The van der Waals surface area contributed by atoms with E-state index in [9.17, 15) is 19.2 Å². The highest BCUT2D eigenvalue weighted by Crippen LogP contribution is 2.50. The zero-order chi connectivity index (χ0) is 64.8. The van der Waals surface area contributed by atoms with Gasteiger partial charge in [0.25, 0.3) is 22.2 Å². The van der Waals surface area contributed by atoms with Crippen molar-refractivity contribution in [2.45, 2.75) is 207 Å². The van der Waals surface area contributed by atoms with Crippen LogP contribution in [-0.2, 0) is 25.7 Å². The van der Waals surface area contributed by atoms with E-state index in [1.165, 1.54) is 173 Å². The Labute approximate surface area is 599 Å². The van der Waals surface area contributed by atoms with Crippen LogP contribution in [0, 0.1) is 0 Å². The maximum Gasteiger partial charge on any atom is 0.274 e. The molecular formula is C72H72Br4N8O4S6. The van der Waals surface area contributed by atoms with Gasteiger partial charge in [-0.1, -0.05) is 156 Å². The topological polar surface area (TPSA) is 137 Å². The third kappa shape index (κ3) is 10.9. The lowest BCUT2D eigenvalue weighted by Crippen LogP contribution is -2.14. The fraction of sp³-hybridized carbons (Fsp3) is 0.444. The quantitative estimate of drug-likeness (QED) is 0.0349. The molecule has 16 rings (SSSR count). The molecule has 12 nitrogen and oxygen atoms in total. The van der Waals surface area contributed by atoms with Crippen molar-refractivity contribution in [3.63, 3.8) is 0 Å². The van der Waals surface area contributed by atoms with Gasteiger partial charge in [-0.2, -0.15) is 0 Å². The summed E-state index contributed by atoms with van der Waals surface area (Å²) in [6.07, 6.45) is 32.8. The number of thiophene rings is 6. The average Bonchev–Trinajstić information content (AvgIpc) is 1.49. The molecule has 0 amide bonds. The molecule has 0 bridgehead atoms. The molecule has 16 aromatic rings. The number of rotatable bonds is 28. The number of imidazole rings is 4. The van der Waals surface area contributed by atoms with E-state index in [4.69, 9.17) is 19.9 Å². The minimum Gasteiger partial charge on any atom is -0.267 e. The molecule has 0 unspecified atom stereocenters. The standard InChI is InChI=1S/2C36H36Br2N4O2S3/c1-3-5-7-9-11-13-15-19-20(16-14-12-10-8-6-4-2)24-26-25-23(19)31-39-33-27(21(37)17-45-33)41(31)35(43)29(25)47-30(26)36(44)42-28-22(38)18-46-34(28)40-32(24)42;1-3-5-7-9-11-13-15-19-20(16-14-12-10-8-6-4-2)26-28-27-25(19)31-39-33-21(17-23(37)45-33)41(31)35(43)29(27)47-30(28)36(44)42-22-18-24(38)46-34(22)40-32(26)42/h2*17-18H,3-16H2,1-2H3. The van der Waals surface area contributed by atoms with Crippen LogP contribution in [0.2, 0.25) is 0 Å². The van der Waals surface area contributed by atoms with E-state index in [-0.39, 0.29) is 22.2 Å². The molecule has 0 fully saturated rings. The summed E-state index contributed by atoms with van der Waals surface area (Å²) in [5.41, 5.74) is 11.1. The lowest BCUT2D eigenvalue weighted by Gasteiger charge is -2.18. The average molecular weight is 1630 g/mol. The lowest BCUT2D eigenvalue weighted by molar-refractivity contribution is 0.600. The normalized spacial score (nSPS) is 12.8. The zero-order valence-electron chi connectivity index (χ0n) is 53.3. The van der Waals surface area contributed by atoms with Crippen LogP contribution in [0.4, 0.5) is 0 Å². The van der Waals surface area contributed by atoms with Gasteiger partial charge in [0.15, 0.2) is 0 Å². The number of halogens is 4. The van der Waals surface area contributed by atoms with Gasteiger partial charge in [0, 0.05) is 53.8 Å². The summed E-state index contributed by atoms with van der Waals surface area (Å²) in [6.45, 7) is 9.04. The third-order valence-corrected chi connectivity index (χ3v) is 28.6. The molecule has 0 N–H and O–H groups in total. The number of nitrogens with zero attached hydrogens (tertiary/aromatic N) is 8. The summed E-state index contributed by atoms with van der Waals surface area (Å²) in [4.78, 5) is 81.8. The molecule has 0 saturated carbocycles. The van der Waals surface area contributed by atoms with Crippen LogP contribution in [-0.4, -0.2) is 37.5 Å². The van der Waals surface area contributed by atoms with Gasteiger partial charge >= 0.3 is 0 Å². The highest BCUT2D eigenvalue weighted by atomic mass is 79.9. The monoisotopic (exact) mass is 1620 g/mol. The lowest BCUT2D eigenvalue weighted by atomic mass is 9.87. The van der Waals surface area contributed by atoms with Gasteiger partial charge in [-0.25, -0.2) is 19.9 Å². The number of pyridine rings is 4. The minimum absolute atomic E-state index is 0.0857.